The Morgan fingerprint density at radius 3 is 2.64 bits per heavy atom. The first-order valence-corrected chi connectivity index (χ1v) is 9.86. The van der Waals surface area contributed by atoms with E-state index >= 15 is 0 Å². The molecule has 150 valence electrons. The van der Waals surface area contributed by atoms with Crippen LogP contribution in [0.5, 0.6) is 0 Å². The van der Waals surface area contributed by atoms with E-state index in [-0.39, 0.29) is 11.9 Å². The second-order valence-electron chi connectivity index (χ2n) is 7.08. The minimum atomic E-state index is -0.547. The Hall–Kier alpha value is -2.77. The first-order chi connectivity index (χ1) is 13.5. The molecule has 1 aromatic heterocycles. The molecule has 0 saturated heterocycles. The molecule has 1 fully saturated rings. The van der Waals surface area contributed by atoms with E-state index in [1.165, 1.54) is 0 Å². The SMILES string of the molecule is CCOC(=O)c1cccc(-n2nnnc2C2(N(C)C(=O)CC)CCCCC2)c1. The van der Waals surface area contributed by atoms with Crippen LogP contribution < -0.4 is 0 Å². The standard InChI is InChI=1S/C20H27N5O3/c1-4-17(26)24(3)20(12-7-6-8-13-20)19-21-22-23-25(19)16-11-9-10-15(14-16)18(27)28-5-2/h9-11,14H,4-8,12-13H2,1-3H3. The van der Waals surface area contributed by atoms with Crippen LogP contribution in [0.25, 0.3) is 5.69 Å². The molecule has 1 amide bonds. The minimum Gasteiger partial charge on any atom is -0.462 e. The van der Waals surface area contributed by atoms with Crippen LogP contribution >= 0.6 is 0 Å². The molecule has 0 atom stereocenters. The molecule has 3 rings (SSSR count). The van der Waals surface area contributed by atoms with Gasteiger partial charge in [-0.1, -0.05) is 32.3 Å². The van der Waals surface area contributed by atoms with Crippen LogP contribution in [0.2, 0.25) is 0 Å². The van der Waals surface area contributed by atoms with E-state index in [2.05, 4.69) is 15.5 Å². The number of esters is 1. The molecule has 0 radical (unpaired) electrons. The van der Waals surface area contributed by atoms with Crippen LogP contribution in [-0.4, -0.2) is 50.6 Å². The van der Waals surface area contributed by atoms with Gasteiger partial charge in [0.1, 0.15) is 5.54 Å². The van der Waals surface area contributed by atoms with E-state index in [0.717, 1.165) is 32.1 Å². The Bertz CT molecular complexity index is 842. The maximum atomic E-state index is 12.6. The van der Waals surface area contributed by atoms with Crippen LogP contribution in [0, 0.1) is 0 Å². The van der Waals surface area contributed by atoms with Crippen LogP contribution in [0.15, 0.2) is 24.3 Å². The Kier molecular flexibility index (Phi) is 6.06. The summed E-state index contributed by atoms with van der Waals surface area (Å²) in [5.41, 5.74) is 0.568. The smallest absolute Gasteiger partial charge is 0.338 e. The zero-order valence-electron chi connectivity index (χ0n) is 16.7. The fourth-order valence-corrected chi connectivity index (χ4v) is 3.95. The lowest BCUT2D eigenvalue weighted by Crippen LogP contribution is -2.49. The number of carbonyl (C=O) groups is 2. The Labute approximate surface area is 164 Å². The average Bonchev–Trinajstić information content (AvgIpc) is 3.24. The molecule has 8 nitrogen and oxygen atoms in total. The van der Waals surface area contributed by atoms with Gasteiger partial charge in [0.25, 0.3) is 0 Å². The van der Waals surface area contributed by atoms with E-state index in [1.54, 1.807) is 29.8 Å². The average molecular weight is 385 g/mol. The normalized spacial score (nSPS) is 15.8. The highest BCUT2D eigenvalue weighted by Crippen LogP contribution is 2.41. The quantitative estimate of drug-likeness (QED) is 0.710. The van der Waals surface area contributed by atoms with Crippen molar-refractivity contribution in [2.75, 3.05) is 13.7 Å². The number of hydrogen-bond donors (Lipinski definition) is 0. The Morgan fingerprint density at radius 1 is 1.21 bits per heavy atom. The fourth-order valence-electron chi connectivity index (χ4n) is 3.95. The van der Waals surface area contributed by atoms with Gasteiger partial charge in [0, 0.05) is 13.5 Å². The van der Waals surface area contributed by atoms with E-state index in [4.69, 9.17) is 4.74 Å². The molecule has 0 unspecified atom stereocenters. The number of amides is 1. The summed E-state index contributed by atoms with van der Waals surface area (Å²) >= 11 is 0. The highest BCUT2D eigenvalue weighted by atomic mass is 16.5. The summed E-state index contributed by atoms with van der Waals surface area (Å²) in [6, 6.07) is 7.05. The van der Waals surface area contributed by atoms with Gasteiger partial charge in [0.05, 0.1) is 17.9 Å². The monoisotopic (exact) mass is 385 g/mol. The first kappa shape index (κ1) is 20.0. The van der Waals surface area contributed by atoms with Crippen molar-refractivity contribution in [2.45, 2.75) is 57.9 Å². The molecule has 8 heteroatoms. The molecule has 1 aliphatic rings. The van der Waals surface area contributed by atoms with Crippen molar-refractivity contribution in [3.63, 3.8) is 0 Å². The summed E-state index contributed by atoms with van der Waals surface area (Å²) in [4.78, 5) is 26.5. The fraction of sp³-hybridized carbons (Fsp3) is 0.550. The number of nitrogens with zero attached hydrogens (tertiary/aromatic N) is 5. The van der Waals surface area contributed by atoms with Crippen molar-refractivity contribution >= 4 is 11.9 Å². The number of rotatable bonds is 6. The molecule has 0 spiro atoms. The van der Waals surface area contributed by atoms with Crippen LogP contribution in [-0.2, 0) is 15.1 Å². The molecular weight excluding hydrogens is 358 g/mol. The van der Waals surface area contributed by atoms with Crippen LogP contribution in [0.4, 0.5) is 0 Å². The highest BCUT2D eigenvalue weighted by molar-refractivity contribution is 5.90. The van der Waals surface area contributed by atoms with E-state index in [0.29, 0.717) is 30.1 Å². The number of carbonyl (C=O) groups excluding carboxylic acids is 2. The van der Waals surface area contributed by atoms with Gasteiger partial charge in [-0.15, -0.1) is 5.10 Å². The first-order valence-electron chi connectivity index (χ1n) is 9.86. The predicted octanol–water partition coefficient (Wildman–Crippen LogP) is 2.87. The molecule has 2 aromatic rings. The van der Waals surface area contributed by atoms with Gasteiger partial charge in [-0.3, -0.25) is 4.79 Å². The van der Waals surface area contributed by atoms with Gasteiger partial charge in [0.2, 0.25) is 5.91 Å². The second kappa shape index (κ2) is 8.50. The highest BCUT2D eigenvalue weighted by Gasteiger charge is 2.44. The molecule has 1 saturated carbocycles. The molecule has 1 aromatic carbocycles. The summed E-state index contributed by atoms with van der Waals surface area (Å²) in [6.07, 6.45) is 5.21. The zero-order chi connectivity index (χ0) is 20.1. The van der Waals surface area contributed by atoms with Crippen molar-refractivity contribution in [2.24, 2.45) is 0 Å². The largest absolute Gasteiger partial charge is 0.462 e. The van der Waals surface area contributed by atoms with Gasteiger partial charge >= 0.3 is 5.97 Å². The van der Waals surface area contributed by atoms with Crippen molar-refractivity contribution in [1.29, 1.82) is 0 Å². The van der Waals surface area contributed by atoms with Gasteiger partial charge in [-0.2, -0.15) is 4.68 Å². The third-order valence-electron chi connectivity index (χ3n) is 5.49. The van der Waals surface area contributed by atoms with E-state index < -0.39 is 5.54 Å². The van der Waals surface area contributed by atoms with Gasteiger partial charge in [-0.05, 0) is 48.4 Å². The van der Waals surface area contributed by atoms with Gasteiger partial charge < -0.3 is 9.64 Å². The lowest BCUT2D eigenvalue weighted by atomic mass is 9.79. The zero-order valence-corrected chi connectivity index (χ0v) is 16.7. The Morgan fingerprint density at radius 2 is 1.96 bits per heavy atom. The number of tetrazole rings is 1. The van der Waals surface area contributed by atoms with Gasteiger partial charge in [-0.25, -0.2) is 4.79 Å². The Balaban J connectivity index is 2.05. The maximum Gasteiger partial charge on any atom is 0.338 e. The molecule has 1 aliphatic carbocycles. The predicted molar refractivity (Wildman–Crippen MR) is 103 cm³/mol. The lowest BCUT2D eigenvalue weighted by molar-refractivity contribution is -0.137. The molecule has 0 bridgehead atoms. The summed E-state index contributed by atoms with van der Waals surface area (Å²) in [5, 5.41) is 12.4. The van der Waals surface area contributed by atoms with Crippen molar-refractivity contribution in [1.82, 2.24) is 25.1 Å². The molecule has 0 aliphatic heterocycles. The summed E-state index contributed by atoms with van der Waals surface area (Å²) < 4.78 is 6.74. The van der Waals surface area contributed by atoms with Crippen LogP contribution in [0.3, 0.4) is 0 Å². The molecular formula is C20H27N5O3. The van der Waals surface area contributed by atoms with Gasteiger partial charge in [0.15, 0.2) is 5.82 Å². The van der Waals surface area contributed by atoms with E-state index in [9.17, 15) is 9.59 Å². The molecule has 28 heavy (non-hydrogen) atoms. The summed E-state index contributed by atoms with van der Waals surface area (Å²) in [5.74, 6) is 0.318. The second-order valence-corrected chi connectivity index (χ2v) is 7.08. The number of ether oxygens (including phenoxy) is 1. The lowest BCUT2D eigenvalue weighted by Gasteiger charge is -2.43. The topological polar surface area (TPSA) is 90.2 Å². The summed E-state index contributed by atoms with van der Waals surface area (Å²) in [6.45, 7) is 3.95. The third kappa shape index (κ3) is 3.63. The van der Waals surface area contributed by atoms with Crippen molar-refractivity contribution in [3.05, 3.63) is 35.7 Å². The summed E-state index contributed by atoms with van der Waals surface area (Å²) in [7, 11) is 1.84. The number of benzene rings is 1. The number of aromatic nitrogens is 4. The third-order valence-corrected chi connectivity index (χ3v) is 5.49. The maximum absolute atomic E-state index is 12.6. The van der Waals surface area contributed by atoms with Crippen molar-refractivity contribution in [3.8, 4) is 5.69 Å². The molecule has 1 heterocycles. The minimum absolute atomic E-state index is 0.0664. The van der Waals surface area contributed by atoms with Crippen molar-refractivity contribution < 1.29 is 14.3 Å². The van der Waals surface area contributed by atoms with Crippen LogP contribution in [0.1, 0.15) is 68.6 Å². The molecule has 0 N–H and O–H groups in total. The van der Waals surface area contributed by atoms with E-state index in [1.807, 2.05) is 24.9 Å². The number of hydrogen-bond acceptors (Lipinski definition) is 6.